The zero-order chi connectivity index (χ0) is 18.2. The molecule has 0 aliphatic rings. The predicted molar refractivity (Wildman–Crippen MR) is 109 cm³/mol. The summed E-state index contributed by atoms with van der Waals surface area (Å²) in [5, 5.41) is 4.26. The molecule has 0 aliphatic carbocycles. The SMILES string of the molecule is COc1cc(/C=N/Nc2ccccc2)cc(Br)c1OCc1ccccc1. The molecule has 4 nitrogen and oxygen atoms in total. The Hall–Kier alpha value is -2.79. The molecule has 0 fully saturated rings. The number of rotatable bonds is 7. The molecule has 3 rings (SSSR count). The number of hydrogen-bond donors (Lipinski definition) is 1. The summed E-state index contributed by atoms with van der Waals surface area (Å²) in [5.41, 5.74) is 5.91. The summed E-state index contributed by atoms with van der Waals surface area (Å²) in [6.45, 7) is 0.471. The third kappa shape index (κ3) is 4.86. The highest BCUT2D eigenvalue weighted by Crippen LogP contribution is 2.36. The molecular formula is C21H19BrN2O2. The van der Waals surface area contributed by atoms with Gasteiger partial charge < -0.3 is 9.47 Å². The smallest absolute Gasteiger partial charge is 0.175 e. The normalized spacial score (nSPS) is 10.7. The molecule has 0 atom stereocenters. The summed E-state index contributed by atoms with van der Waals surface area (Å²) in [6, 6.07) is 23.6. The summed E-state index contributed by atoms with van der Waals surface area (Å²) in [7, 11) is 1.63. The predicted octanol–water partition coefficient (Wildman–Crippen LogP) is 5.48. The largest absolute Gasteiger partial charge is 0.493 e. The number of benzene rings is 3. The molecule has 132 valence electrons. The Morgan fingerprint density at radius 3 is 2.38 bits per heavy atom. The van der Waals surface area contributed by atoms with Gasteiger partial charge in [-0.15, -0.1) is 0 Å². The van der Waals surface area contributed by atoms with Crippen LogP contribution < -0.4 is 14.9 Å². The summed E-state index contributed by atoms with van der Waals surface area (Å²) in [4.78, 5) is 0. The van der Waals surface area contributed by atoms with Gasteiger partial charge in [-0.25, -0.2) is 0 Å². The molecule has 3 aromatic rings. The maximum absolute atomic E-state index is 5.94. The van der Waals surface area contributed by atoms with Gasteiger partial charge in [-0.2, -0.15) is 5.10 Å². The second kappa shape index (κ2) is 9.06. The van der Waals surface area contributed by atoms with E-state index in [1.54, 1.807) is 13.3 Å². The van der Waals surface area contributed by atoms with Crippen LogP contribution in [0.25, 0.3) is 0 Å². The molecule has 26 heavy (non-hydrogen) atoms. The zero-order valence-electron chi connectivity index (χ0n) is 14.4. The van der Waals surface area contributed by atoms with Crippen LogP contribution in [0.5, 0.6) is 11.5 Å². The average molecular weight is 411 g/mol. The number of halogens is 1. The van der Waals surface area contributed by atoms with Crippen LogP contribution in [0, 0.1) is 0 Å². The van der Waals surface area contributed by atoms with E-state index in [2.05, 4.69) is 26.5 Å². The minimum Gasteiger partial charge on any atom is -0.493 e. The number of nitrogens with zero attached hydrogens (tertiary/aromatic N) is 1. The molecule has 5 heteroatoms. The molecule has 0 aliphatic heterocycles. The fourth-order valence-electron chi connectivity index (χ4n) is 2.38. The van der Waals surface area contributed by atoms with Crippen LogP contribution in [-0.4, -0.2) is 13.3 Å². The number of anilines is 1. The van der Waals surface area contributed by atoms with Crippen LogP contribution in [0.3, 0.4) is 0 Å². The van der Waals surface area contributed by atoms with Crippen molar-refractivity contribution in [3.63, 3.8) is 0 Å². The van der Waals surface area contributed by atoms with Crippen molar-refractivity contribution >= 4 is 27.8 Å². The van der Waals surface area contributed by atoms with Crippen molar-refractivity contribution in [2.75, 3.05) is 12.5 Å². The molecule has 0 spiro atoms. The van der Waals surface area contributed by atoms with E-state index in [4.69, 9.17) is 9.47 Å². The van der Waals surface area contributed by atoms with Gasteiger partial charge in [0.2, 0.25) is 0 Å². The average Bonchev–Trinajstić information content (AvgIpc) is 2.68. The van der Waals surface area contributed by atoms with E-state index in [0.29, 0.717) is 18.1 Å². The molecule has 1 N–H and O–H groups in total. The number of hydrogen-bond acceptors (Lipinski definition) is 4. The first-order valence-corrected chi connectivity index (χ1v) is 8.94. The number of hydrazone groups is 1. The molecule has 0 bridgehead atoms. The second-order valence-electron chi connectivity index (χ2n) is 5.54. The third-order valence-electron chi connectivity index (χ3n) is 3.66. The molecule has 0 saturated carbocycles. The minimum atomic E-state index is 0.471. The molecule has 0 unspecified atom stereocenters. The zero-order valence-corrected chi connectivity index (χ0v) is 15.9. The van der Waals surface area contributed by atoms with Gasteiger partial charge in [-0.1, -0.05) is 48.5 Å². The van der Waals surface area contributed by atoms with Gasteiger partial charge in [-0.3, -0.25) is 5.43 Å². The molecule has 0 radical (unpaired) electrons. The van der Waals surface area contributed by atoms with Crippen LogP contribution >= 0.6 is 15.9 Å². The lowest BCUT2D eigenvalue weighted by Crippen LogP contribution is -2.00. The van der Waals surface area contributed by atoms with Crippen molar-refractivity contribution < 1.29 is 9.47 Å². The van der Waals surface area contributed by atoms with Crippen LogP contribution in [0.4, 0.5) is 5.69 Å². The Kier molecular flexibility index (Phi) is 6.28. The molecule has 0 saturated heterocycles. The van der Waals surface area contributed by atoms with E-state index >= 15 is 0 Å². The van der Waals surface area contributed by atoms with Gasteiger partial charge in [0.15, 0.2) is 11.5 Å². The van der Waals surface area contributed by atoms with E-state index in [0.717, 1.165) is 21.3 Å². The highest BCUT2D eigenvalue weighted by molar-refractivity contribution is 9.10. The van der Waals surface area contributed by atoms with Gasteiger partial charge in [0, 0.05) is 0 Å². The standard InChI is InChI=1S/C21H19BrN2O2/c1-25-20-13-17(14-23-24-18-10-6-3-7-11-18)12-19(22)21(20)26-15-16-8-4-2-5-9-16/h2-14,24H,15H2,1H3/b23-14+. The first-order valence-electron chi connectivity index (χ1n) is 8.14. The topological polar surface area (TPSA) is 42.8 Å². The van der Waals surface area contributed by atoms with Crippen LogP contribution in [0.1, 0.15) is 11.1 Å². The van der Waals surface area contributed by atoms with Crippen molar-refractivity contribution in [2.24, 2.45) is 5.10 Å². The summed E-state index contributed by atoms with van der Waals surface area (Å²) in [5.74, 6) is 1.32. The van der Waals surface area contributed by atoms with E-state index in [-0.39, 0.29) is 0 Å². The molecule has 0 amide bonds. The highest BCUT2D eigenvalue weighted by atomic mass is 79.9. The van der Waals surface area contributed by atoms with Crippen LogP contribution in [-0.2, 0) is 6.61 Å². The fourth-order valence-corrected chi connectivity index (χ4v) is 2.95. The lowest BCUT2D eigenvalue weighted by atomic mass is 10.2. The summed E-state index contributed by atoms with van der Waals surface area (Å²) >= 11 is 3.56. The van der Waals surface area contributed by atoms with E-state index in [9.17, 15) is 0 Å². The van der Waals surface area contributed by atoms with Crippen LogP contribution in [0.15, 0.2) is 82.4 Å². The molecule has 3 aromatic carbocycles. The maximum atomic E-state index is 5.94. The van der Waals surface area contributed by atoms with Gasteiger partial charge in [0.05, 0.1) is 23.5 Å². The van der Waals surface area contributed by atoms with E-state index < -0.39 is 0 Å². The van der Waals surface area contributed by atoms with E-state index in [1.165, 1.54) is 0 Å². The van der Waals surface area contributed by atoms with Gasteiger partial charge >= 0.3 is 0 Å². The quantitative estimate of drug-likeness (QED) is 0.414. The first kappa shape index (κ1) is 18.0. The van der Waals surface area contributed by atoms with E-state index in [1.807, 2.05) is 72.8 Å². The Morgan fingerprint density at radius 1 is 1.00 bits per heavy atom. The van der Waals surface area contributed by atoms with Crippen molar-refractivity contribution in [3.8, 4) is 11.5 Å². The number of methoxy groups -OCH3 is 1. The van der Waals surface area contributed by atoms with Crippen molar-refractivity contribution in [3.05, 3.63) is 88.4 Å². The number of ether oxygens (including phenoxy) is 2. The first-order chi connectivity index (χ1) is 12.8. The van der Waals surface area contributed by atoms with Gasteiger partial charge in [0.1, 0.15) is 6.61 Å². The minimum absolute atomic E-state index is 0.471. The fraction of sp³-hybridized carbons (Fsp3) is 0.0952. The number of para-hydroxylation sites is 1. The lowest BCUT2D eigenvalue weighted by Gasteiger charge is -2.13. The summed E-state index contributed by atoms with van der Waals surface area (Å²) < 4.78 is 12.2. The van der Waals surface area contributed by atoms with Gasteiger partial charge in [-0.05, 0) is 51.3 Å². The Balaban J connectivity index is 1.72. The maximum Gasteiger partial charge on any atom is 0.175 e. The van der Waals surface area contributed by atoms with Crippen LogP contribution in [0.2, 0.25) is 0 Å². The number of nitrogens with one attached hydrogen (secondary N) is 1. The molecule has 0 aromatic heterocycles. The van der Waals surface area contributed by atoms with Crippen molar-refractivity contribution in [1.82, 2.24) is 0 Å². The Bertz CT molecular complexity index is 868. The molecular weight excluding hydrogens is 392 g/mol. The second-order valence-corrected chi connectivity index (χ2v) is 6.40. The molecule has 0 heterocycles. The van der Waals surface area contributed by atoms with Crippen molar-refractivity contribution in [2.45, 2.75) is 6.61 Å². The van der Waals surface area contributed by atoms with Gasteiger partial charge in [0.25, 0.3) is 0 Å². The van der Waals surface area contributed by atoms with Crippen molar-refractivity contribution in [1.29, 1.82) is 0 Å². The monoisotopic (exact) mass is 410 g/mol. The Morgan fingerprint density at radius 2 is 1.69 bits per heavy atom. The Labute approximate surface area is 161 Å². The lowest BCUT2D eigenvalue weighted by molar-refractivity contribution is 0.282. The third-order valence-corrected chi connectivity index (χ3v) is 4.25. The highest BCUT2D eigenvalue weighted by Gasteiger charge is 2.11. The summed E-state index contributed by atoms with van der Waals surface area (Å²) in [6.07, 6.45) is 1.74.